The molecule has 5 heteroatoms. The lowest BCUT2D eigenvalue weighted by atomic mass is 9.74. The maximum Gasteiger partial charge on any atom is 0.230 e. The molecule has 130 valence electrons. The predicted molar refractivity (Wildman–Crippen MR) is 89.0 cm³/mol. The molecule has 3 aliphatic rings. The molecule has 5 nitrogen and oxygen atoms in total. The zero-order valence-corrected chi connectivity index (χ0v) is 14.0. The summed E-state index contributed by atoms with van der Waals surface area (Å²) in [6, 6.07) is 9.27. The molecule has 3 aliphatic heterocycles. The molecular weight excluding hydrogens is 318 g/mol. The topological polar surface area (TPSA) is 69.7 Å². The number of carbonyl (C=O) groups excluding carboxylic acids is 2. The van der Waals surface area contributed by atoms with E-state index in [1.54, 1.807) is 17.1 Å². The van der Waals surface area contributed by atoms with Gasteiger partial charge in [-0.05, 0) is 18.9 Å². The highest BCUT2D eigenvalue weighted by molar-refractivity contribution is 5.91. The highest BCUT2D eigenvalue weighted by Gasteiger charge is 2.69. The zero-order valence-electron chi connectivity index (χ0n) is 14.0. The fraction of sp³-hybridized carbons (Fsp3) is 0.400. The Balaban J connectivity index is 1.78. The first-order valence-electron chi connectivity index (χ1n) is 8.57. The predicted octanol–water partition coefficient (Wildman–Crippen LogP) is 1.22. The van der Waals surface area contributed by atoms with Gasteiger partial charge in [0.15, 0.2) is 0 Å². The monoisotopic (exact) mass is 338 g/mol. The van der Waals surface area contributed by atoms with Gasteiger partial charge in [-0.2, -0.15) is 0 Å². The molecule has 1 amide bonds. The van der Waals surface area contributed by atoms with E-state index in [1.807, 2.05) is 43.3 Å². The molecule has 3 heterocycles. The van der Waals surface area contributed by atoms with Gasteiger partial charge in [-0.15, -0.1) is 6.58 Å². The van der Waals surface area contributed by atoms with Gasteiger partial charge < -0.3 is 19.5 Å². The van der Waals surface area contributed by atoms with Crippen LogP contribution in [0.1, 0.15) is 24.9 Å². The molecule has 0 N–H and O–H groups in total. The molecule has 4 rings (SSSR count). The average molecular weight is 338 g/mol. The lowest BCUT2D eigenvalue weighted by Crippen LogP contribution is -2.46. The molecular formula is C20H20NO4-. The molecule has 2 saturated heterocycles. The Morgan fingerprint density at radius 3 is 2.80 bits per heavy atom. The molecule has 0 saturated carbocycles. The van der Waals surface area contributed by atoms with Gasteiger partial charge in [-0.3, -0.25) is 4.79 Å². The van der Waals surface area contributed by atoms with E-state index in [0.29, 0.717) is 6.42 Å². The molecule has 2 fully saturated rings. The second-order valence-electron chi connectivity index (χ2n) is 6.99. The standard InChI is InChI=1S/C20H21NO4/c1-3-7-15-20-11-10-14(25-20)16(19(23)24)17(20)18(22)21(15)12(2)13-8-5-4-6-9-13/h3-6,8-12,14-17H,1,7H2,2H3,(H,23,24)/p-1/t12-,14-,15-,16-,17-,20+/m0/s1. The highest BCUT2D eigenvalue weighted by Crippen LogP contribution is 2.57. The lowest BCUT2D eigenvalue weighted by molar-refractivity contribution is -0.313. The third kappa shape index (κ3) is 2.05. The Morgan fingerprint density at radius 2 is 2.16 bits per heavy atom. The summed E-state index contributed by atoms with van der Waals surface area (Å²) in [5.41, 5.74) is 0.105. The van der Waals surface area contributed by atoms with Crippen molar-refractivity contribution in [1.29, 1.82) is 0 Å². The number of fused-ring (bicyclic) bond motifs is 1. The van der Waals surface area contributed by atoms with Crippen molar-refractivity contribution >= 4 is 11.9 Å². The summed E-state index contributed by atoms with van der Waals surface area (Å²) in [6.07, 6.45) is 5.36. The van der Waals surface area contributed by atoms with Gasteiger partial charge in [0.1, 0.15) is 5.60 Å². The lowest BCUT2D eigenvalue weighted by Gasteiger charge is -2.36. The van der Waals surface area contributed by atoms with Crippen molar-refractivity contribution in [2.75, 3.05) is 0 Å². The van der Waals surface area contributed by atoms with E-state index >= 15 is 0 Å². The van der Waals surface area contributed by atoms with Crippen LogP contribution in [0.2, 0.25) is 0 Å². The molecule has 0 radical (unpaired) electrons. The van der Waals surface area contributed by atoms with Crippen molar-refractivity contribution in [3.63, 3.8) is 0 Å². The van der Waals surface area contributed by atoms with Crippen molar-refractivity contribution in [2.45, 2.75) is 37.1 Å². The molecule has 25 heavy (non-hydrogen) atoms. The van der Waals surface area contributed by atoms with Crippen LogP contribution in [-0.4, -0.2) is 34.5 Å². The van der Waals surface area contributed by atoms with Crippen LogP contribution in [0.3, 0.4) is 0 Å². The van der Waals surface area contributed by atoms with Crippen molar-refractivity contribution in [2.24, 2.45) is 11.8 Å². The van der Waals surface area contributed by atoms with E-state index in [1.165, 1.54) is 0 Å². The first kappa shape index (κ1) is 16.1. The third-order valence-corrected chi connectivity index (χ3v) is 5.82. The highest BCUT2D eigenvalue weighted by atomic mass is 16.5. The number of amides is 1. The van der Waals surface area contributed by atoms with Gasteiger partial charge in [0.25, 0.3) is 0 Å². The fourth-order valence-corrected chi connectivity index (χ4v) is 4.75. The van der Waals surface area contributed by atoms with Crippen LogP contribution >= 0.6 is 0 Å². The van der Waals surface area contributed by atoms with E-state index in [4.69, 9.17) is 4.74 Å². The van der Waals surface area contributed by atoms with E-state index in [9.17, 15) is 14.7 Å². The summed E-state index contributed by atoms with van der Waals surface area (Å²) in [7, 11) is 0. The van der Waals surface area contributed by atoms with Crippen molar-refractivity contribution < 1.29 is 19.4 Å². The minimum absolute atomic E-state index is 0.177. The molecule has 1 aromatic rings. The summed E-state index contributed by atoms with van der Waals surface area (Å²) >= 11 is 0. The number of hydrogen-bond donors (Lipinski definition) is 0. The van der Waals surface area contributed by atoms with Crippen LogP contribution in [-0.2, 0) is 14.3 Å². The van der Waals surface area contributed by atoms with Gasteiger partial charge in [-0.25, -0.2) is 0 Å². The quantitative estimate of drug-likeness (QED) is 0.757. The number of carboxylic acids is 1. The zero-order chi connectivity index (χ0) is 17.8. The number of rotatable bonds is 5. The van der Waals surface area contributed by atoms with Crippen LogP contribution in [0.4, 0.5) is 0 Å². The van der Waals surface area contributed by atoms with Crippen LogP contribution < -0.4 is 5.11 Å². The molecule has 0 aliphatic carbocycles. The van der Waals surface area contributed by atoms with Crippen molar-refractivity contribution in [1.82, 2.24) is 4.90 Å². The number of hydrogen-bond acceptors (Lipinski definition) is 4. The largest absolute Gasteiger partial charge is 0.550 e. The molecule has 6 atom stereocenters. The Kier molecular flexibility index (Phi) is 3.58. The Morgan fingerprint density at radius 1 is 1.44 bits per heavy atom. The first-order chi connectivity index (χ1) is 12.0. The summed E-state index contributed by atoms with van der Waals surface area (Å²) in [4.78, 5) is 26.7. The van der Waals surface area contributed by atoms with E-state index < -0.39 is 29.5 Å². The number of aliphatic carboxylic acids is 1. The van der Waals surface area contributed by atoms with E-state index in [2.05, 4.69) is 6.58 Å². The summed E-state index contributed by atoms with van der Waals surface area (Å²) in [5, 5.41) is 11.7. The molecule has 0 unspecified atom stereocenters. The van der Waals surface area contributed by atoms with Crippen molar-refractivity contribution in [3.05, 3.63) is 60.7 Å². The van der Waals surface area contributed by atoms with Gasteiger partial charge in [0.2, 0.25) is 5.91 Å². The first-order valence-corrected chi connectivity index (χ1v) is 8.57. The third-order valence-electron chi connectivity index (χ3n) is 5.82. The average Bonchev–Trinajstić information content (AvgIpc) is 3.24. The van der Waals surface area contributed by atoms with E-state index in [-0.39, 0.29) is 18.0 Å². The van der Waals surface area contributed by atoms with Gasteiger partial charge in [0.05, 0.1) is 24.1 Å². The Hall–Kier alpha value is -2.40. The van der Waals surface area contributed by atoms with Crippen LogP contribution in [0, 0.1) is 11.8 Å². The van der Waals surface area contributed by atoms with Gasteiger partial charge in [0, 0.05) is 11.9 Å². The second kappa shape index (κ2) is 5.56. The van der Waals surface area contributed by atoms with Gasteiger partial charge >= 0.3 is 0 Å². The van der Waals surface area contributed by atoms with Crippen LogP contribution in [0.5, 0.6) is 0 Å². The minimum Gasteiger partial charge on any atom is -0.550 e. The normalized spacial score (nSPS) is 36.5. The molecule has 1 aromatic carbocycles. The van der Waals surface area contributed by atoms with E-state index in [0.717, 1.165) is 5.56 Å². The van der Waals surface area contributed by atoms with Crippen LogP contribution in [0.25, 0.3) is 0 Å². The second-order valence-corrected chi connectivity index (χ2v) is 6.99. The minimum atomic E-state index is -1.22. The number of benzene rings is 1. The van der Waals surface area contributed by atoms with Crippen LogP contribution in [0.15, 0.2) is 55.1 Å². The SMILES string of the molecule is C=CC[C@@H]1N([C@@H](C)c2ccccc2)C(=O)[C@@H]2[C@@H](C(=O)[O-])[C@@H]3C=C[C@]21O3. The Labute approximate surface area is 146 Å². The maximum absolute atomic E-state index is 13.3. The fourth-order valence-electron chi connectivity index (χ4n) is 4.75. The summed E-state index contributed by atoms with van der Waals surface area (Å²) in [5.74, 6) is -3.06. The number of likely N-dealkylation sites (tertiary alicyclic amines) is 1. The molecule has 0 aromatic heterocycles. The number of carboxylic acid groups (broad SMARTS) is 1. The number of nitrogens with zero attached hydrogens (tertiary/aromatic N) is 1. The van der Waals surface area contributed by atoms with Crippen molar-refractivity contribution in [3.8, 4) is 0 Å². The number of ether oxygens (including phenoxy) is 1. The Bertz CT molecular complexity index is 758. The summed E-state index contributed by atoms with van der Waals surface area (Å²) in [6.45, 7) is 5.78. The number of carbonyl (C=O) groups is 2. The maximum atomic E-state index is 13.3. The van der Waals surface area contributed by atoms with Gasteiger partial charge in [-0.1, -0.05) is 48.6 Å². The summed E-state index contributed by atoms with van der Waals surface area (Å²) < 4.78 is 6.07. The molecule has 2 bridgehead atoms. The smallest absolute Gasteiger partial charge is 0.230 e. The molecule has 1 spiro atoms.